The summed E-state index contributed by atoms with van der Waals surface area (Å²) in [5.41, 5.74) is 6.78. The molecule has 4 heteroatoms. The molecular formula is C15H31N3S. The third-order valence-electron chi connectivity index (χ3n) is 5.72. The van der Waals surface area contributed by atoms with Crippen LogP contribution in [0.4, 0.5) is 0 Å². The molecule has 2 fully saturated rings. The average molecular weight is 286 g/mol. The van der Waals surface area contributed by atoms with Crippen LogP contribution in [-0.4, -0.2) is 66.6 Å². The van der Waals surface area contributed by atoms with E-state index in [0.717, 1.165) is 6.54 Å². The van der Waals surface area contributed by atoms with Gasteiger partial charge in [-0.3, -0.25) is 4.90 Å². The van der Waals surface area contributed by atoms with Crippen LogP contribution in [0.2, 0.25) is 0 Å². The molecule has 19 heavy (non-hydrogen) atoms. The Bertz CT molecular complexity index is 300. The van der Waals surface area contributed by atoms with Crippen molar-refractivity contribution in [3.8, 4) is 0 Å². The molecule has 0 aliphatic carbocycles. The lowest BCUT2D eigenvalue weighted by Crippen LogP contribution is -2.67. The molecule has 2 heterocycles. The SMILES string of the molecule is CN1CCC(N(C)C2(CN)CSCCC2(C)C)CC1. The molecule has 2 saturated heterocycles. The second-order valence-electron chi connectivity index (χ2n) is 7.07. The second kappa shape index (κ2) is 5.92. The van der Waals surface area contributed by atoms with E-state index in [9.17, 15) is 0 Å². The predicted octanol–water partition coefficient (Wildman–Crippen LogP) is 1.87. The van der Waals surface area contributed by atoms with Gasteiger partial charge in [-0.15, -0.1) is 0 Å². The summed E-state index contributed by atoms with van der Waals surface area (Å²) in [4.78, 5) is 5.10. The predicted molar refractivity (Wildman–Crippen MR) is 85.8 cm³/mol. The molecule has 0 bridgehead atoms. The van der Waals surface area contributed by atoms with Crippen molar-refractivity contribution in [1.29, 1.82) is 0 Å². The number of hydrogen-bond donors (Lipinski definition) is 1. The Hall–Kier alpha value is 0.230. The molecule has 1 unspecified atom stereocenters. The lowest BCUT2D eigenvalue weighted by molar-refractivity contribution is -0.0241. The molecule has 0 amide bonds. The van der Waals surface area contributed by atoms with Gasteiger partial charge in [0, 0.05) is 23.9 Å². The summed E-state index contributed by atoms with van der Waals surface area (Å²) in [6.45, 7) is 8.08. The van der Waals surface area contributed by atoms with Crippen LogP contribution >= 0.6 is 11.8 Å². The summed E-state index contributed by atoms with van der Waals surface area (Å²) in [6.07, 6.45) is 3.86. The zero-order valence-electron chi connectivity index (χ0n) is 13.1. The Labute approximate surface area is 123 Å². The van der Waals surface area contributed by atoms with Crippen molar-refractivity contribution in [1.82, 2.24) is 9.80 Å². The zero-order chi connectivity index (χ0) is 14.1. The van der Waals surface area contributed by atoms with Crippen LogP contribution < -0.4 is 5.73 Å². The van der Waals surface area contributed by atoms with Crippen molar-refractivity contribution in [3.05, 3.63) is 0 Å². The molecule has 0 aromatic rings. The van der Waals surface area contributed by atoms with Crippen molar-refractivity contribution in [2.75, 3.05) is 45.2 Å². The van der Waals surface area contributed by atoms with Crippen LogP contribution in [0.15, 0.2) is 0 Å². The first-order valence-electron chi connectivity index (χ1n) is 7.62. The van der Waals surface area contributed by atoms with E-state index in [2.05, 4.69) is 49.5 Å². The van der Waals surface area contributed by atoms with Gasteiger partial charge in [-0.2, -0.15) is 11.8 Å². The van der Waals surface area contributed by atoms with Gasteiger partial charge < -0.3 is 10.6 Å². The Balaban J connectivity index is 2.15. The van der Waals surface area contributed by atoms with E-state index in [1.807, 2.05) is 0 Å². The van der Waals surface area contributed by atoms with E-state index < -0.39 is 0 Å². The van der Waals surface area contributed by atoms with E-state index in [0.29, 0.717) is 11.5 Å². The zero-order valence-corrected chi connectivity index (χ0v) is 13.9. The van der Waals surface area contributed by atoms with Gasteiger partial charge in [-0.25, -0.2) is 0 Å². The third-order valence-corrected chi connectivity index (χ3v) is 6.90. The summed E-state index contributed by atoms with van der Waals surface area (Å²) >= 11 is 2.09. The topological polar surface area (TPSA) is 32.5 Å². The van der Waals surface area contributed by atoms with Crippen molar-refractivity contribution >= 4 is 11.8 Å². The summed E-state index contributed by atoms with van der Waals surface area (Å²) < 4.78 is 0. The standard InChI is InChI=1S/C15H31N3S/c1-14(2)7-10-19-12-15(14,11-16)18(4)13-5-8-17(3)9-6-13/h13H,5-12,16H2,1-4H3. The van der Waals surface area contributed by atoms with Gasteiger partial charge in [-0.1, -0.05) is 13.8 Å². The molecule has 0 saturated carbocycles. The van der Waals surface area contributed by atoms with Gasteiger partial charge in [0.2, 0.25) is 0 Å². The second-order valence-corrected chi connectivity index (χ2v) is 8.17. The largest absolute Gasteiger partial charge is 0.329 e. The van der Waals surface area contributed by atoms with Gasteiger partial charge >= 0.3 is 0 Å². The quantitative estimate of drug-likeness (QED) is 0.858. The molecule has 0 radical (unpaired) electrons. The first-order valence-corrected chi connectivity index (χ1v) is 8.78. The smallest absolute Gasteiger partial charge is 0.0472 e. The first kappa shape index (κ1) is 15.6. The third kappa shape index (κ3) is 2.82. The fourth-order valence-corrected chi connectivity index (χ4v) is 5.64. The van der Waals surface area contributed by atoms with E-state index in [1.54, 1.807) is 0 Å². The Morgan fingerprint density at radius 1 is 1.32 bits per heavy atom. The van der Waals surface area contributed by atoms with Gasteiger partial charge in [0.05, 0.1) is 0 Å². The normalized spacial score (nSPS) is 33.8. The maximum Gasteiger partial charge on any atom is 0.0472 e. The molecule has 0 aromatic heterocycles. The minimum Gasteiger partial charge on any atom is -0.329 e. The molecule has 1 atom stereocenters. The van der Waals surface area contributed by atoms with Crippen LogP contribution in [0.1, 0.15) is 33.1 Å². The molecule has 2 aliphatic heterocycles. The van der Waals surface area contributed by atoms with Gasteiger partial charge in [0.25, 0.3) is 0 Å². The lowest BCUT2D eigenvalue weighted by atomic mass is 9.69. The maximum atomic E-state index is 6.28. The highest BCUT2D eigenvalue weighted by Gasteiger charge is 2.50. The molecule has 0 spiro atoms. The molecule has 2 N–H and O–H groups in total. The van der Waals surface area contributed by atoms with Crippen molar-refractivity contribution in [3.63, 3.8) is 0 Å². The monoisotopic (exact) mass is 285 g/mol. The molecule has 3 nitrogen and oxygen atoms in total. The summed E-state index contributed by atoms with van der Waals surface area (Å²) in [6, 6.07) is 0.706. The maximum absolute atomic E-state index is 6.28. The number of hydrogen-bond acceptors (Lipinski definition) is 4. The summed E-state index contributed by atoms with van der Waals surface area (Å²) in [5.74, 6) is 2.48. The van der Waals surface area contributed by atoms with Gasteiger partial charge in [0.15, 0.2) is 0 Å². The van der Waals surface area contributed by atoms with Crippen LogP contribution in [0.25, 0.3) is 0 Å². The molecule has 2 rings (SSSR count). The molecule has 112 valence electrons. The lowest BCUT2D eigenvalue weighted by Gasteiger charge is -2.57. The number of nitrogens with two attached hydrogens (primary N) is 1. The minimum absolute atomic E-state index is 0.177. The van der Waals surface area contributed by atoms with Crippen molar-refractivity contribution in [2.45, 2.75) is 44.7 Å². The highest BCUT2D eigenvalue weighted by Crippen LogP contribution is 2.46. The number of thioether (sulfide) groups is 1. The van der Waals surface area contributed by atoms with Gasteiger partial charge in [-0.05, 0) is 57.6 Å². The fourth-order valence-electron chi connectivity index (χ4n) is 3.79. The minimum atomic E-state index is 0.177. The number of piperidine rings is 1. The molecule has 0 aromatic carbocycles. The summed E-state index contributed by atoms with van der Waals surface area (Å²) in [7, 11) is 4.56. The van der Waals surface area contributed by atoms with Crippen LogP contribution in [0.5, 0.6) is 0 Å². The Morgan fingerprint density at radius 2 is 1.95 bits per heavy atom. The van der Waals surface area contributed by atoms with Crippen LogP contribution in [-0.2, 0) is 0 Å². The van der Waals surface area contributed by atoms with Crippen LogP contribution in [0, 0.1) is 5.41 Å². The highest BCUT2D eigenvalue weighted by molar-refractivity contribution is 7.99. The number of likely N-dealkylation sites (N-methyl/N-ethyl adjacent to an activating group) is 1. The van der Waals surface area contributed by atoms with E-state index >= 15 is 0 Å². The van der Waals surface area contributed by atoms with E-state index in [4.69, 9.17) is 5.73 Å². The Morgan fingerprint density at radius 3 is 2.47 bits per heavy atom. The van der Waals surface area contributed by atoms with Crippen molar-refractivity contribution < 1.29 is 0 Å². The first-order chi connectivity index (χ1) is 8.93. The molecule has 2 aliphatic rings. The van der Waals surface area contributed by atoms with E-state index in [-0.39, 0.29) is 5.54 Å². The van der Waals surface area contributed by atoms with E-state index in [1.165, 1.54) is 43.9 Å². The fraction of sp³-hybridized carbons (Fsp3) is 1.00. The Kier molecular flexibility index (Phi) is 4.87. The summed E-state index contributed by atoms with van der Waals surface area (Å²) in [5, 5.41) is 0. The number of likely N-dealkylation sites (tertiary alicyclic amines) is 1. The number of rotatable bonds is 3. The number of nitrogens with zero attached hydrogens (tertiary/aromatic N) is 2. The van der Waals surface area contributed by atoms with Gasteiger partial charge in [0.1, 0.15) is 0 Å². The van der Waals surface area contributed by atoms with Crippen LogP contribution in [0.3, 0.4) is 0 Å². The molecular weight excluding hydrogens is 254 g/mol. The average Bonchev–Trinajstić information content (AvgIpc) is 2.39. The highest BCUT2D eigenvalue weighted by atomic mass is 32.2. The van der Waals surface area contributed by atoms with Crippen molar-refractivity contribution in [2.24, 2.45) is 11.1 Å².